The van der Waals surface area contributed by atoms with Crippen LogP contribution in [0.5, 0.6) is 0 Å². The second-order valence-electron chi connectivity index (χ2n) is 3.16. The third-order valence-electron chi connectivity index (χ3n) is 2.00. The molecule has 1 aromatic heterocycles. The Labute approximate surface area is 97.9 Å². The zero-order valence-electron chi connectivity index (χ0n) is 8.95. The number of hydrogen-bond acceptors (Lipinski definition) is 5. The third-order valence-corrected chi connectivity index (χ3v) is 3.73. The van der Waals surface area contributed by atoms with E-state index in [2.05, 4.69) is 0 Å². The summed E-state index contributed by atoms with van der Waals surface area (Å²) in [5.41, 5.74) is 0. The fourth-order valence-electron chi connectivity index (χ4n) is 1.05. The minimum atomic E-state index is -3.87. The highest BCUT2D eigenvalue weighted by Crippen LogP contribution is 2.17. The summed E-state index contributed by atoms with van der Waals surface area (Å²) in [6.07, 6.45) is 0.0439. The first-order valence-electron chi connectivity index (χ1n) is 4.56. The molecule has 0 aliphatic rings. The summed E-state index contributed by atoms with van der Waals surface area (Å²) in [7, 11) is -2.58. The number of hydrogen-bond donors (Lipinski definition) is 1. The molecule has 0 fully saturated rings. The van der Waals surface area contributed by atoms with E-state index in [9.17, 15) is 13.2 Å². The molecule has 0 amide bonds. The number of sulfonamides is 1. The van der Waals surface area contributed by atoms with E-state index in [-0.39, 0.29) is 13.0 Å². The summed E-state index contributed by atoms with van der Waals surface area (Å²) < 4.78 is 29.2. The monoisotopic (exact) mass is 258 g/mol. The molecule has 0 atom stereocenters. The van der Waals surface area contributed by atoms with Gasteiger partial charge in [0.1, 0.15) is 0 Å². The van der Waals surface area contributed by atoms with Crippen molar-refractivity contribution in [1.29, 1.82) is 5.26 Å². The molecule has 0 aromatic carbocycles. The number of carboxylic acid groups (broad SMARTS) is 1. The lowest BCUT2D eigenvalue weighted by atomic mass is 10.5. The van der Waals surface area contributed by atoms with Crippen LogP contribution in [0.25, 0.3) is 0 Å². The molecule has 8 heteroatoms. The Bertz CT molecular complexity index is 554. The van der Waals surface area contributed by atoms with E-state index in [0.29, 0.717) is 0 Å². The molecule has 92 valence electrons. The van der Waals surface area contributed by atoms with E-state index in [1.165, 1.54) is 7.05 Å². The van der Waals surface area contributed by atoms with Gasteiger partial charge in [0.15, 0.2) is 0 Å². The Morgan fingerprint density at radius 2 is 2.24 bits per heavy atom. The highest BCUT2D eigenvalue weighted by molar-refractivity contribution is 7.89. The summed E-state index contributed by atoms with van der Waals surface area (Å²) in [4.78, 5) is 10.5. The molecule has 0 bridgehead atoms. The first-order valence-corrected chi connectivity index (χ1v) is 6.00. The second-order valence-corrected chi connectivity index (χ2v) is 5.13. The van der Waals surface area contributed by atoms with Crippen LogP contribution in [-0.4, -0.2) is 37.4 Å². The maximum absolute atomic E-state index is 11.8. The van der Waals surface area contributed by atoms with Gasteiger partial charge in [-0.1, -0.05) is 0 Å². The highest BCUT2D eigenvalue weighted by Gasteiger charge is 2.25. The van der Waals surface area contributed by atoms with Crippen molar-refractivity contribution < 1.29 is 22.7 Å². The van der Waals surface area contributed by atoms with Crippen LogP contribution in [0.3, 0.4) is 0 Å². The Morgan fingerprint density at radius 1 is 1.59 bits per heavy atom. The van der Waals surface area contributed by atoms with Crippen LogP contribution >= 0.6 is 0 Å². The third kappa shape index (κ3) is 2.83. The lowest BCUT2D eigenvalue weighted by molar-refractivity contribution is 0.0656. The molecule has 0 aliphatic heterocycles. The van der Waals surface area contributed by atoms with Gasteiger partial charge in [0.25, 0.3) is 10.0 Å². The van der Waals surface area contributed by atoms with Gasteiger partial charge in [0.2, 0.25) is 10.9 Å². The molecule has 0 unspecified atom stereocenters. The Balaban J connectivity index is 2.97. The highest BCUT2D eigenvalue weighted by atomic mass is 32.2. The average Bonchev–Trinajstić information content (AvgIpc) is 2.75. The molecular weight excluding hydrogens is 248 g/mol. The number of carbonyl (C=O) groups is 1. The number of aromatic carboxylic acids is 1. The van der Waals surface area contributed by atoms with Crippen LogP contribution in [0, 0.1) is 11.3 Å². The molecule has 0 aliphatic carbocycles. The second kappa shape index (κ2) is 4.99. The molecule has 17 heavy (non-hydrogen) atoms. The van der Waals surface area contributed by atoms with Crippen molar-refractivity contribution in [3.05, 3.63) is 17.9 Å². The lowest BCUT2D eigenvalue weighted by Gasteiger charge is -2.12. The molecule has 0 spiro atoms. The minimum absolute atomic E-state index is 0.0158. The fourth-order valence-corrected chi connectivity index (χ4v) is 2.13. The SMILES string of the molecule is CN(CCC#N)S(=O)(=O)c1ccc(C(=O)O)o1. The van der Waals surface area contributed by atoms with E-state index in [1.807, 2.05) is 6.07 Å². The molecule has 1 heterocycles. The average molecular weight is 258 g/mol. The van der Waals surface area contributed by atoms with Crippen LogP contribution in [0.4, 0.5) is 0 Å². The summed E-state index contributed by atoms with van der Waals surface area (Å²) >= 11 is 0. The van der Waals surface area contributed by atoms with Crippen molar-refractivity contribution in [1.82, 2.24) is 4.31 Å². The maximum atomic E-state index is 11.8. The van der Waals surface area contributed by atoms with Crippen molar-refractivity contribution in [3.8, 4) is 6.07 Å². The Hall–Kier alpha value is -1.85. The van der Waals surface area contributed by atoms with Gasteiger partial charge >= 0.3 is 5.97 Å². The van der Waals surface area contributed by atoms with Crippen molar-refractivity contribution >= 4 is 16.0 Å². The maximum Gasteiger partial charge on any atom is 0.371 e. The molecular formula is C9H10N2O5S. The number of nitrogens with zero attached hydrogens (tertiary/aromatic N) is 2. The van der Waals surface area contributed by atoms with E-state index < -0.39 is 26.8 Å². The predicted molar refractivity (Wildman–Crippen MR) is 55.7 cm³/mol. The van der Waals surface area contributed by atoms with Crippen LogP contribution in [0.15, 0.2) is 21.6 Å². The van der Waals surface area contributed by atoms with Gasteiger partial charge in [-0.15, -0.1) is 0 Å². The smallest absolute Gasteiger partial charge is 0.371 e. The van der Waals surface area contributed by atoms with Gasteiger partial charge in [0, 0.05) is 20.0 Å². The van der Waals surface area contributed by atoms with Crippen LogP contribution in [0.1, 0.15) is 17.0 Å². The van der Waals surface area contributed by atoms with E-state index in [0.717, 1.165) is 16.4 Å². The largest absolute Gasteiger partial charge is 0.475 e. The Kier molecular flexibility index (Phi) is 3.88. The summed E-state index contributed by atoms with van der Waals surface area (Å²) in [6, 6.07) is 3.95. The molecule has 0 saturated carbocycles. The van der Waals surface area contributed by atoms with E-state index >= 15 is 0 Å². The standard InChI is InChI=1S/C9H10N2O5S/c1-11(6-2-5-10)17(14,15)8-4-3-7(16-8)9(12)13/h3-4H,2,6H2,1H3,(H,12,13). The molecule has 7 nitrogen and oxygen atoms in total. The summed E-state index contributed by atoms with van der Waals surface area (Å²) in [5.74, 6) is -1.79. The van der Waals surface area contributed by atoms with Gasteiger partial charge in [-0.2, -0.15) is 9.57 Å². The van der Waals surface area contributed by atoms with Crippen molar-refractivity contribution in [3.63, 3.8) is 0 Å². The minimum Gasteiger partial charge on any atom is -0.475 e. The van der Waals surface area contributed by atoms with Gasteiger partial charge in [0.05, 0.1) is 6.07 Å². The van der Waals surface area contributed by atoms with Crippen molar-refractivity contribution in [2.75, 3.05) is 13.6 Å². The normalized spacial score (nSPS) is 11.4. The van der Waals surface area contributed by atoms with Gasteiger partial charge in [-0.3, -0.25) is 0 Å². The summed E-state index contributed by atoms with van der Waals surface area (Å²) in [5, 5.41) is 16.5. The topological polar surface area (TPSA) is 112 Å². The summed E-state index contributed by atoms with van der Waals surface area (Å²) in [6.45, 7) is 0.0158. The first kappa shape index (κ1) is 13.2. The van der Waals surface area contributed by atoms with Crippen LogP contribution in [-0.2, 0) is 10.0 Å². The van der Waals surface area contributed by atoms with Crippen LogP contribution < -0.4 is 0 Å². The molecule has 1 aromatic rings. The van der Waals surface area contributed by atoms with Gasteiger partial charge < -0.3 is 9.52 Å². The predicted octanol–water partition coefficient (Wildman–Crippen LogP) is 0.512. The fraction of sp³-hybridized carbons (Fsp3) is 0.333. The zero-order chi connectivity index (χ0) is 13.1. The number of nitriles is 1. The van der Waals surface area contributed by atoms with Crippen LogP contribution in [0.2, 0.25) is 0 Å². The quantitative estimate of drug-likeness (QED) is 0.823. The zero-order valence-corrected chi connectivity index (χ0v) is 9.77. The number of furan rings is 1. The number of rotatable bonds is 5. The van der Waals surface area contributed by atoms with Crippen molar-refractivity contribution in [2.45, 2.75) is 11.5 Å². The lowest BCUT2D eigenvalue weighted by Crippen LogP contribution is -2.27. The van der Waals surface area contributed by atoms with Crippen molar-refractivity contribution in [2.24, 2.45) is 0 Å². The van der Waals surface area contributed by atoms with Gasteiger partial charge in [-0.25, -0.2) is 13.2 Å². The molecule has 1 N–H and O–H groups in total. The van der Waals surface area contributed by atoms with Gasteiger partial charge in [-0.05, 0) is 12.1 Å². The van der Waals surface area contributed by atoms with E-state index in [1.54, 1.807) is 0 Å². The van der Waals surface area contributed by atoms with E-state index in [4.69, 9.17) is 14.8 Å². The molecule has 1 rings (SSSR count). The molecule has 0 radical (unpaired) electrons. The first-order chi connectivity index (χ1) is 7.89. The molecule has 0 saturated heterocycles. The Morgan fingerprint density at radius 3 is 2.71 bits per heavy atom. The number of carboxylic acids is 1.